The molecule has 0 radical (unpaired) electrons. The van der Waals surface area contributed by atoms with Gasteiger partial charge in [0.05, 0.1) is 7.11 Å². The molecule has 0 amide bonds. The molecule has 1 aliphatic heterocycles. The predicted molar refractivity (Wildman–Crippen MR) is 81.3 cm³/mol. The maximum atomic E-state index is 9.65. The fourth-order valence-electron chi connectivity index (χ4n) is 2.99. The van der Waals surface area contributed by atoms with Crippen LogP contribution in [0, 0.1) is 5.92 Å². The molecular weight excluding hydrogens is 252 g/mol. The van der Waals surface area contributed by atoms with E-state index in [2.05, 4.69) is 24.1 Å². The van der Waals surface area contributed by atoms with Crippen LogP contribution in [0.2, 0.25) is 0 Å². The molecule has 4 nitrogen and oxygen atoms in total. The molecule has 0 aliphatic carbocycles. The predicted octanol–water partition coefficient (Wildman–Crippen LogP) is 2.39. The molecule has 1 aromatic carbocycles. The third-order valence-corrected chi connectivity index (χ3v) is 4.26. The lowest BCUT2D eigenvalue weighted by Gasteiger charge is -2.39. The Balaban J connectivity index is 2.34. The molecule has 0 saturated carbocycles. The molecule has 1 unspecified atom stereocenters. The first kappa shape index (κ1) is 15.1. The second-order valence-corrected chi connectivity index (χ2v) is 5.54. The smallest absolute Gasteiger partial charge is 0.127 e. The lowest BCUT2D eigenvalue weighted by atomic mass is 9.90. The Morgan fingerprint density at radius 1 is 1.35 bits per heavy atom. The average molecular weight is 278 g/mol. The van der Waals surface area contributed by atoms with E-state index in [9.17, 15) is 5.11 Å². The topological polar surface area (TPSA) is 44.7 Å². The van der Waals surface area contributed by atoms with Crippen molar-refractivity contribution in [2.45, 2.75) is 26.3 Å². The number of aromatic hydroxyl groups is 1. The number of ether oxygens (including phenoxy) is 1. The van der Waals surface area contributed by atoms with Gasteiger partial charge in [-0.1, -0.05) is 26.3 Å². The van der Waals surface area contributed by atoms with Gasteiger partial charge in [0.15, 0.2) is 0 Å². The van der Waals surface area contributed by atoms with Crippen molar-refractivity contribution >= 4 is 0 Å². The molecule has 0 aromatic heterocycles. The monoisotopic (exact) mass is 278 g/mol. The molecule has 2 N–H and O–H groups in total. The zero-order valence-electron chi connectivity index (χ0n) is 12.7. The zero-order valence-corrected chi connectivity index (χ0v) is 12.7. The minimum absolute atomic E-state index is 0.258. The van der Waals surface area contributed by atoms with Crippen molar-refractivity contribution in [2.75, 3.05) is 33.3 Å². The molecule has 1 fully saturated rings. The highest BCUT2D eigenvalue weighted by Crippen LogP contribution is 2.37. The standard InChI is InChI=1S/C16H26N2O2/c1-4-12(2)16(18-9-7-17-8-10-18)14-6-5-13(19)11-15(14)20-3/h5-6,11-12,16-17,19H,4,7-10H2,1-3H3/t12?,16-/m0/s1. The maximum absolute atomic E-state index is 9.65. The highest BCUT2D eigenvalue weighted by Gasteiger charge is 2.28. The van der Waals surface area contributed by atoms with Crippen LogP contribution in [0.5, 0.6) is 11.5 Å². The Kier molecular flexibility index (Phi) is 5.26. The largest absolute Gasteiger partial charge is 0.508 e. The molecule has 1 heterocycles. The molecule has 1 aromatic rings. The normalized spacial score (nSPS) is 19.6. The summed E-state index contributed by atoms with van der Waals surface area (Å²) in [4.78, 5) is 2.53. The van der Waals surface area contributed by atoms with Gasteiger partial charge in [-0.2, -0.15) is 0 Å². The number of nitrogens with one attached hydrogen (secondary N) is 1. The van der Waals surface area contributed by atoms with Crippen LogP contribution < -0.4 is 10.1 Å². The molecule has 20 heavy (non-hydrogen) atoms. The summed E-state index contributed by atoms with van der Waals surface area (Å²) in [6.07, 6.45) is 1.12. The highest BCUT2D eigenvalue weighted by molar-refractivity contribution is 5.42. The molecule has 1 saturated heterocycles. The molecule has 112 valence electrons. The fraction of sp³-hybridized carbons (Fsp3) is 0.625. The summed E-state index contributed by atoms with van der Waals surface area (Å²) >= 11 is 0. The van der Waals surface area contributed by atoms with Crippen molar-refractivity contribution in [3.8, 4) is 11.5 Å². The van der Waals surface area contributed by atoms with Gasteiger partial charge in [0.2, 0.25) is 0 Å². The zero-order chi connectivity index (χ0) is 14.5. The van der Waals surface area contributed by atoms with Crippen molar-refractivity contribution < 1.29 is 9.84 Å². The van der Waals surface area contributed by atoms with E-state index in [1.54, 1.807) is 19.2 Å². The number of phenols is 1. The van der Waals surface area contributed by atoms with E-state index >= 15 is 0 Å². The van der Waals surface area contributed by atoms with E-state index in [4.69, 9.17) is 4.74 Å². The summed E-state index contributed by atoms with van der Waals surface area (Å²) in [5.74, 6) is 1.59. The van der Waals surface area contributed by atoms with Crippen LogP contribution in [0.15, 0.2) is 18.2 Å². The van der Waals surface area contributed by atoms with Crippen LogP contribution in [0.4, 0.5) is 0 Å². The van der Waals surface area contributed by atoms with Gasteiger partial charge < -0.3 is 15.2 Å². The van der Waals surface area contributed by atoms with Gasteiger partial charge in [0.1, 0.15) is 11.5 Å². The number of benzene rings is 1. The number of methoxy groups -OCH3 is 1. The first-order chi connectivity index (χ1) is 9.67. The number of phenolic OH excluding ortho intramolecular Hbond substituents is 1. The molecule has 2 rings (SSSR count). The van der Waals surface area contributed by atoms with Gasteiger partial charge in [-0.15, -0.1) is 0 Å². The minimum atomic E-state index is 0.258. The molecule has 2 atom stereocenters. The lowest BCUT2D eigenvalue weighted by Crippen LogP contribution is -2.46. The summed E-state index contributed by atoms with van der Waals surface area (Å²) in [6.45, 7) is 8.70. The van der Waals surface area contributed by atoms with Crippen molar-refractivity contribution in [3.05, 3.63) is 23.8 Å². The second kappa shape index (κ2) is 6.95. The van der Waals surface area contributed by atoms with Crippen LogP contribution in [0.25, 0.3) is 0 Å². The number of hydrogen-bond acceptors (Lipinski definition) is 4. The number of piperazine rings is 1. The minimum Gasteiger partial charge on any atom is -0.508 e. The van der Waals surface area contributed by atoms with Gasteiger partial charge in [-0.05, 0) is 12.0 Å². The highest BCUT2D eigenvalue weighted by atomic mass is 16.5. The SMILES string of the molecule is CCC(C)[C@@H](c1ccc(O)cc1OC)N1CCNCC1. The van der Waals surface area contributed by atoms with Gasteiger partial charge >= 0.3 is 0 Å². The average Bonchev–Trinajstić information content (AvgIpc) is 2.49. The van der Waals surface area contributed by atoms with E-state index in [1.165, 1.54) is 5.56 Å². The molecular formula is C16H26N2O2. The summed E-state index contributed by atoms with van der Waals surface area (Å²) < 4.78 is 5.49. The van der Waals surface area contributed by atoms with Crippen LogP contribution in [-0.4, -0.2) is 43.3 Å². The van der Waals surface area contributed by atoms with Crippen LogP contribution in [-0.2, 0) is 0 Å². The molecule has 0 spiro atoms. The molecule has 1 aliphatic rings. The van der Waals surface area contributed by atoms with E-state index < -0.39 is 0 Å². The Bertz CT molecular complexity index is 430. The van der Waals surface area contributed by atoms with Crippen LogP contribution in [0.3, 0.4) is 0 Å². The van der Waals surface area contributed by atoms with E-state index in [0.29, 0.717) is 12.0 Å². The third-order valence-electron chi connectivity index (χ3n) is 4.26. The summed E-state index contributed by atoms with van der Waals surface area (Å²) in [5, 5.41) is 13.1. The van der Waals surface area contributed by atoms with E-state index in [-0.39, 0.29) is 5.75 Å². The van der Waals surface area contributed by atoms with Crippen molar-refractivity contribution in [2.24, 2.45) is 5.92 Å². The Hall–Kier alpha value is -1.26. The van der Waals surface area contributed by atoms with E-state index in [1.807, 2.05) is 6.07 Å². The first-order valence-corrected chi connectivity index (χ1v) is 7.49. The van der Waals surface area contributed by atoms with Crippen LogP contribution >= 0.6 is 0 Å². The number of nitrogens with zero attached hydrogens (tertiary/aromatic N) is 1. The van der Waals surface area contributed by atoms with E-state index in [0.717, 1.165) is 38.3 Å². The first-order valence-electron chi connectivity index (χ1n) is 7.49. The van der Waals surface area contributed by atoms with Gasteiger partial charge in [0.25, 0.3) is 0 Å². The van der Waals surface area contributed by atoms with Gasteiger partial charge in [0, 0.05) is 43.9 Å². The fourth-order valence-corrected chi connectivity index (χ4v) is 2.99. The number of rotatable bonds is 5. The summed E-state index contributed by atoms with van der Waals surface area (Å²) in [5.41, 5.74) is 1.18. The van der Waals surface area contributed by atoms with Crippen LogP contribution in [0.1, 0.15) is 31.9 Å². The maximum Gasteiger partial charge on any atom is 0.127 e. The van der Waals surface area contributed by atoms with Crippen molar-refractivity contribution in [3.63, 3.8) is 0 Å². The van der Waals surface area contributed by atoms with Gasteiger partial charge in [-0.3, -0.25) is 4.90 Å². The summed E-state index contributed by atoms with van der Waals surface area (Å²) in [6, 6.07) is 5.83. The quantitative estimate of drug-likeness (QED) is 0.868. The Morgan fingerprint density at radius 3 is 2.65 bits per heavy atom. The lowest BCUT2D eigenvalue weighted by molar-refractivity contribution is 0.126. The second-order valence-electron chi connectivity index (χ2n) is 5.54. The Morgan fingerprint density at radius 2 is 2.05 bits per heavy atom. The number of hydrogen-bond donors (Lipinski definition) is 2. The third kappa shape index (κ3) is 3.25. The van der Waals surface area contributed by atoms with Crippen molar-refractivity contribution in [1.29, 1.82) is 0 Å². The Labute approximate surface area is 121 Å². The molecule has 4 heteroatoms. The molecule has 0 bridgehead atoms. The van der Waals surface area contributed by atoms with Crippen molar-refractivity contribution in [1.82, 2.24) is 10.2 Å². The van der Waals surface area contributed by atoms with Gasteiger partial charge in [-0.25, -0.2) is 0 Å². The summed E-state index contributed by atoms with van der Waals surface area (Å²) in [7, 11) is 1.67.